The van der Waals surface area contributed by atoms with Crippen molar-refractivity contribution in [3.8, 4) is 5.75 Å². The summed E-state index contributed by atoms with van der Waals surface area (Å²) in [5.74, 6) is -0.0350. The predicted molar refractivity (Wildman–Crippen MR) is 111 cm³/mol. The van der Waals surface area contributed by atoms with Crippen LogP contribution < -0.4 is 20.7 Å². The van der Waals surface area contributed by atoms with Crippen molar-refractivity contribution in [3.05, 3.63) is 53.6 Å². The van der Waals surface area contributed by atoms with Gasteiger partial charge in [0, 0.05) is 23.2 Å². The zero-order chi connectivity index (χ0) is 20.0. The molecule has 2 rings (SSSR count). The minimum Gasteiger partial charge on any atom is -0.494 e. The Balaban J connectivity index is 2.06. The molecule has 0 bridgehead atoms. The van der Waals surface area contributed by atoms with Crippen LogP contribution in [0.1, 0.15) is 29.8 Å². The molecule has 0 aliphatic carbocycles. The molecule has 0 saturated carbocycles. The smallest absolute Gasteiger partial charge is 0.257 e. The van der Waals surface area contributed by atoms with Gasteiger partial charge in [0.05, 0.1) is 12.8 Å². The van der Waals surface area contributed by atoms with Gasteiger partial charge < -0.3 is 15.4 Å². The number of anilines is 2. The number of carbonyl (C=O) groups excluding carboxylic acids is 2. The zero-order valence-electron chi connectivity index (χ0n) is 15.8. The molecule has 0 fully saturated rings. The van der Waals surface area contributed by atoms with Gasteiger partial charge in [0.1, 0.15) is 5.75 Å². The van der Waals surface area contributed by atoms with E-state index in [1.807, 2.05) is 32.9 Å². The average molecular weight is 385 g/mol. The Bertz CT molecular complexity index is 865. The number of carbonyl (C=O) groups is 2. The Morgan fingerprint density at radius 2 is 1.78 bits per heavy atom. The maximum atomic E-state index is 12.3. The van der Waals surface area contributed by atoms with Crippen molar-refractivity contribution in [2.75, 3.05) is 17.7 Å². The number of hydrogen-bond acceptors (Lipinski definition) is 4. The van der Waals surface area contributed by atoms with Gasteiger partial charge in [-0.1, -0.05) is 32.0 Å². The minimum absolute atomic E-state index is 0.102. The zero-order valence-corrected chi connectivity index (χ0v) is 16.6. The van der Waals surface area contributed by atoms with Gasteiger partial charge in [-0.15, -0.1) is 0 Å². The summed E-state index contributed by atoms with van der Waals surface area (Å²) in [5, 5.41) is 8.58. The Hall–Kier alpha value is -2.93. The Morgan fingerprint density at radius 3 is 2.41 bits per heavy atom. The average Bonchev–Trinajstić information content (AvgIpc) is 2.62. The third-order valence-corrected chi connectivity index (χ3v) is 4.06. The molecule has 2 amide bonds. The largest absolute Gasteiger partial charge is 0.494 e. The van der Waals surface area contributed by atoms with Crippen LogP contribution in [0.25, 0.3) is 0 Å². The Labute approximate surface area is 164 Å². The summed E-state index contributed by atoms with van der Waals surface area (Å²) in [5.41, 5.74) is 2.62. The highest BCUT2D eigenvalue weighted by Crippen LogP contribution is 2.28. The van der Waals surface area contributed by atoms with E-state index in [4.69, 9.17) is 17.0 Å². The van der Waals surface area contributed by atoms with Crippen molar-refractivity contribution in [2.45, 2.75) is 20.8 Å². The van der Waals surface area contributed by atoms with Crippen LogP contribution in [0.3, 0.4) is 0 Å². The number of amides is 2. The van der Waals surface area contributed by atoms with Crippen molar-refractivity contribution in [1.82, 2.24) is 5.32 Å². The molecular formula is C20H23N3O3S. The first-order valence-electron chi connectivity index (χ1n) is 8.48. The highest BCUT2D eigenvalue weighted by atomic mass is 32.1. The first-order chi connectivity index (χ1) is 12.8. The van der Waals surface area contributed by atoms with E-state index in [0.29, 0.717) is 22.7 Å². The highest BCUT2D eigenvalue weighted by molar-refractivity contribution is 7.80. The predicted octanol–water partition coefficient (Wildman–Crippen LogP) is 3.72. The van der Waals surface area contributed by atoms with E-state index in [-0.39, 0.29) is 22.8 Å². The third kappa shape index (κ3) is 5.52. The molecule has 0 unspecified atom stereocenters. The van der Waals surface area contributed by atoms with E-state index >= 15 is 0 Å². The van der Waals surface area contributed by atoms with E-state index in [1.54, 1.807) is 30.3 Å². The molecule has 3 N–H and O–H groups in total. The fourth-order valence-corrected chi connectivity index (χ4v) is 2.52. The van der Waals surface area contributed by atoms with Crippen LogP contribution in [0.5, 0.6) is 5.75 Å². The second-order valence-corrected chi connectivity index (χ2v) is 6.69. The molecule has 0 heterocycles. The number of ether oxygens (including phenoxy) is 1. The van der Waals surface area contributed by atoms with Crippen LogP contribution in [-0.2, 0) is 4.79 Å². The molecular weight excluding hydrogens is 362 g/mol. The van der Waals surface area contributed by atoms with E-state index in [2.05, 4.69) is 16.0 Å². The lowest BCUT2D eigenvalue weighted by Gasteiger charge is -2.15. The number of hydrogen-bond donors (Lipinski definition) is 3. The van der Waals surface area contributed by atoms with Crippen molar-refractivity contribution >= 4 is 40.5 Å². The number of thiocarbonyl (C=S) groups is 1. The Kier molecular flexibility index (Phi) is 6.90. The monoisotopic (exact) mass is 385 g/mol. The van der Waals surface area contributed by atoms with Crippen molar-refractivity contribution in [1.29, 1.82) is 0 Å². The van der Waals surface area contributed by atoms with Crippen molar-refractivity contribution in [2.24, 2.45) is 5.92 Å². The van der Waals surface area contributed by atoms with Crippen LogP contribution in [0.2, 0.25) is 0 Å². The molecule has 2 aromatic rings. The van der Waals surface area contributed by atoms with Gasteiger partial charge >= 0.3 is 0 Å². The SMILES string of the molecule is COc1cc(NC(=S)NC(=O)c2ccccc2C)ccc1NC(=O)C(C)C. The first kappa shape index (κ1) is 20.4. The van der Waals surface area contributed by atoms with Gasteiger partial charge in [-0.05, 0) is 42.9 Å². The van der Waals surface area contributed by atoms with Crippen molar-refractivity contribution in [3.63, 3.8) is 0 Å². The summed E-state index contributed by atoms with van der Waals surface area (Å²) in [6, 6.07) is 12.4. The molecule has 142 valence electrons. The molecule has 0 spiro atoms. The summed E-state index contributed by atoms with van der Waals surface area (Å²) in [7, 11) is 1.52. The topological polar surface area (TPSA) is 79.5 Å². The van der Waals surface area contributed by atoms with E-state index in [1.165, 1.54) is 7.11 Å². The van der Waals surface area contributed by atoms with Gasteiger partial charge in [0.2, 0.25) is 5.91 Å². The van der Waals surface area contributed by atoms with Gasteiger partial charge in [0.15, 0.2) is 5.11 Å². The first-order valence-corrected chi connectivity index (χ1v) is 8.89. The van der Waals surface area contributed by atoms with Crippen LogP contribution in [-0.4, -0.2) is 24.0 Å². The van der Waals surface area contributed by atoms with Crippen LogP contribution >= 0.6 is 12.2 Å². The maximum absolute atomic E-state index is 12.3. The number of nitrogens with one attached hydrogen (secondary N) is 3. The van der Waals surface area contributed by atoms with Gasteiger partial charge in [0.25, 0.3) is 5.91 Å². The summed E-state index contributed by atoms with van der Waals surface area (Å²) in [4.78, 5) is 24.2. The molecule has 0 saturated heterocycles. The summed E-state index contributed by atoms with van der Waals surface area (Å²) in [6.45, 7) is 5.49. The van der Waals surface area contributed by atoms with Crippen LogP contribution in [0.15, 0.2) is 42.5 Å². The molecule has 0 atom stereocenters. The van der Waals surface area contributed by atoms with E-state index in [0.717, 1.165) is 5.56 Å². The highest BCUT2D eigenvalue weighted by Gasteiger charge is 2.13. The molecule has 0 aliphatic rings. The summed E-state index contributed by atoms with van der Waals surface area (Å²) in [6.07, 6.45) is 0. The molecule has 0 aliphatic heterocycles. The molecule has 27 heavy (non-hydrogen) atoms. The normalized spacial score (nSPS) is 10.3. The van der Waals surface area contributed by atoms with Gasteiger partial charge in [-0.2, -0.15) is 0 Å². The number of rotatable bonds is 5. The van der Waals surface area contributed by atoms with Crippen LogP contribution in [0, 0.1) is 12.8 Å². The lowest BCUT2D eigenvalue weighted by Crippen LogP contribution is -2.34. The van der Waals surface area contributed by atoms with Gasteiger partial charge in [-0.3, -0.25) is 14.9 Å². The molecule has 7 heteroatoms. The number of aryl methyl sites for hydroxylation is 1. The fourth-order valence-electron chi connectivity index (χ4n) is 2.31. The van der Waals surface area contributed by atoms with E-state index in [9.17, 15) is 9.59 Å². The maximum Gasteiger partial charge on any atom is 0.257 e. The van der Waals surface area contributed by atoms with Gasteiger partial charge in [-0.25, -0.2) is 0 Å². The lowest BCUT2D eigenvalue weighted by atomic mass is 10.1. The summed E-state index contributed by atoms with van der Waals surface area (Å²) >= 11 is 5.22. The quantitative estimate of drug-likeness (QED) is 0.684. The molecule has 2 aromatic carbocycles. The van der Waals surface area contributed by atoms with E-state index < -0.39 is 0 Å². The second kappa shape index (κ2) is 9.14. The second-order valence-electron chi connectivity index (χ2n) is 6.28. The number of benzene rings is 2. The minimum atomic E-state index is -0.279. The molecule has 6 nitrogen and oxygen atoms in total. The Morgan fingerprint density at radius 1 is 1.07 bits per heavy atom. The molecule has 0 aromatic heterocycles. The van der Waals surface area contributed by atoms with Crippen molar-refractivity contribution < 1.29 is 14.3 Å². The van der Waals surface area contributed by atoms with Crippen LogP contribution in [0.4, 0.5) is 11.4 Å². The fraction of sp³-hybridized carbons (Fsp3) is 0.250. The number of methoxy groups -OCH3 is 1. The standard InChI is InChI=1S/C20H23N3O3S/c1-12(2)18(24)22-16-10-9-14(11-17(16)26-4)21-20(27)23-19(25)15-8-6-5-7-13(15)3/h5-12H,1-4H3,(H,22,24)(H2,21,23,25,27). The molecule has 0 radical (unpaired) electrons. The summed E-state index contributed by atoms with van der Waals surface area (Å²) < 4.78 is 5.33. The lowest BCUT2D eigenvalue weighted by molar-refractivity contribution is -0.118. The third-order valence-electron chi connectivity index (χ3n) is 3.86.